The monoisotopic (exact) mass is 683 g/mol. The predicted molar refractivity (Wildman–Crippen MR) is 178 cm³/mol. The Morgan fingerprint density at radius 1 is 1.17 bits per heavy atom. The van der Waals surface area contributed by atoms with Gasteiger partial charge in [0.05, 0.1) is 70.8 Å². The van der Waals surface area contributed by atoms with Gasteiger partial charge in [-0.15, -0.1) is 0 Å². The van der Waals surface area contributed by atoms with E-state index < -0.39 is 60.9 Å². The molecule has 1 aromatic carbocycles. The maximum atomic E-state index is 14.5. The molecule has 3 fully saturated rings. The van der Waals surface area contributed by atoms with Gasteiger partial charge in [0.1, 0.15) is 18.6 Å². The van der Waals surface area contributed by atoms with Crippen molar-refractivity contribution in [2.45, 2.75) is 127 Å². The molecule has 0 unspecified atom stereocenters. The number of urea groups is 1. The van der Waals surface area contributed by atoms with Gasteiger partial charge >= 0.3 is 6.03 Å². The molecule has 2 amide bonds. The average molecular weight is 684 g/mol. The van der Waals surface area contributed by atoms with Crippen molar-refractivity contribution in [1.82, 2.24) is 24.5 Å². The van der Waals surface area contributed by atoms with Crippen LogP contribution in [-0.4, -0.2) is 88.0 Å². The molecule has 2 aliphatic carbocycles. The van der Waals surface area contributed by atoms with Crippen molar-refractivity contribution in [3.05, 3.63) is 29.6 Å². The molecule has 1 aromatic heterocycles. The SMILES string of the molecule is C[C@@H](OC1CC1)[C@H](N[S@](=O)C(C)(C)C)c1nc2cc([C@@H](COC3CC3)N3CC(F)(F)CNC3=O)ccc2n1COCC[Si](C)(C)C. The minimum absolute atomic E-state index is 0.0854. The number of rotatable bonds is 16. The molecule has 2 heterocycles. The van der Waals surface area contributed by atoms with Crippen LogP contribution in [0.5, 0.6) is 0 Å². The highest BCUT2D eigenvalue weighted by molar-refractivity contribution is 7.84. The van der Waals surface area contributed by atoms with E-state index in [9.17, 15) is 17.8 Å². The lowest BCUT2D eigenvalue weighted by Crippen LogP contribution is -2.58. The minimum atomic E-state index is -3.06. The third kappa shape index (κ3) is 9.34. The summed E-state index contributed by atoms with van der Waals surface area (Å²) in [5, 5.41) is 2.34. The van der Waals surface area contributed by atoms with E-state index >= 15 is 0 Å². The van der Waals surface area contributed by atoms with E-state index in [4.69, 9.17) is 19.2 Å². The molecule has 10 nitrogen and oxygen atoms in total. The number of carbonyl (C=O) groups excluding carboxylic acids is 1. The van der Waals surface area contributed by atoms with Gasteiger partial charge in [0.25, 0.3) is 5.92 Å². The van der Waals surface area contributed by atoms with Crippen LogP contribution in [0.15, 0.2) is 18.2 Å². The highest BCUT2D eigenvalue weighted by Crippen LogP contribution is 2.35. The second-order valence-corrected chi connectivity index (χ2v) is 22.8. The van der Waals surface area contributed by atoms with Crippen LogP contribution in [0.1, 0.15) is 76.8 Å². The zero-order chi connectivity index (χ0) is 33.4. The van der Waals surface area contributed by atoms with Crippen molar-refractivity contribution >= 4 is 36.1 Å². The first-order valence-electron chi connectivity index (χ1n) is 16.5. The van der Waals surface area contributed by atoms with E-state index in [2.05, 4.69) is 29.7 Å². The Kier molecular flexibility index (Phi) is 10.7. The molecule has 2 N–H and O–H groups in total. The summed E-state index contributed by atoms with van der Waals surface area (Å²) in [6, 6.07) is 4.82. The van der Waals surface area contributed by atoms with Crippen molar-refractivity contribution in [1.29, 1.82) is 0 Å². The molecule has 1 aliphatic heterocycles. The average Bonchev–Trinajstić information content (AvgIpc) is 3.89. The first-order chi connectivity index (χ1) is 21.5. The maximum Gasteiger partial charge on any atom is 0.318 e. The Balaban J connectivity index is 1.53. The van der Waals surface area contributed by atoms with Crippen LogP contribution in [0.3, 0.4) is 0 Å². The van der Waals surface area contributed by atoms with Crippen molar-refractivity contribution < 1.29 is 32.0 Å². The van der Waals surface area contributed by atoms with Crippen LogP contribution in [-0.2, 0) is 31.9 Å². The lowest BCUT2D eigenvalue weighted by Gasteiger charge is -2.38. The van der Waals surface area contributed by atoms with E-state index in [1.165, 1.54) is 4.90 Å². The zero-order valence-corrected chi connectivity index (χ0v) is 30.1. The number of alkyl halides is 2. The predicted octanol–water partition coefficient (Wildman–Crippen LogP) is 5.89. The van der Waals surface area contributed by atoms with Gasteiger partial charge < -0.3 is 29.0 Å². The summed E-state index contributed by atoms with van der Waals surface area (Å²) in [4.78, 5) is 19.1. The summed E-state index contributed by atoms with van der Waals surface area (Å²) in [5.41, 5.74) is 2.06. The van der Waals surface area contributed by atoms with Crippen LogP contribution in [0.25, 0.3) is 11.0 Å². The summed E-state index contributed by atoms with van der Waals surface area (Å²) < 4.78 is 65.8. The van der Waals surface area contributed by atoms with Crippen LogP contribution in [0.2, 0.25) is 25.7 Å². The quantitative estimate of drug-likeness (QED) is 0.169. The number of nitrogens with zero attached hydrogens (tertiary/aromatic N) is 3. The van der Waals surface area contributed by atoms with E-state index in [0.29, 0.717) is 23.5 Å². The van der Waals surface area contributed by atoms with Crippen LogP contribution >= 0.6 is 0 Å². The highest BCUT2D eigenvalue weighted by atomic mass is 32.2. The second-order valence-electron chi connectivity index (χ2n) is 15.2. The van der Waals surface area contributed by atoms with Gasteiger partial charge in [0, 0.05) is 14.7 Å². The van der Waals surface area contributed by atoms with E-state index in [1.54, 1.807) is 0 Å². The summed E-state index contributed by atoms with van der Waals surface area (Å²) in [6.07, 6.45) is 3.74. The normalized spacial score (nSPS) is 21.7. The number of fused-ring (bicyclic) bond motifs is 1. The molecule has 3 aliphatic rings. The number of aromatic nitrogens is 2. The number of halogens is 2. The summed E-state index contributed by atoms with van der Waals surface area (Å²) >= 11 is 0. The third-order valence-electron chi connectivity index (χ3n) is 8.42. The van der Waals surface area contributed by atoms with E-state index in [1.807, 2.05) is 50.5 Å². The van der Waals surface area contributed by atoms with Crippen molar-refractivity contribution in [2.24, 2.45) is 0 Å². The summed E-state index contributed by atoms with van der Waals surface area (Å²) in [7, 11) is -2.75. The van der Waals surface area contributed by atoms with Gasteiger partial charge in [0.2, 0.25) is 0 Å². The first-order valence-corrected chi connectivity index (χ1v) is 21.3. The van der Waals surface area contributed by atoms with Crippen molar-refractivity contribution in [2.75, 3.05) is 26.3 Å². The lowest BCUT2D eigenvalue weighted by molar-refractivity contribution is -0.0541. The molecule has 46 heavy (non-hydrogen) atoms. The van der Waals surface area contributed by atoms with Crippen LogP contribution in [0.4, 0.5) is 13.6 Å². The largest absolute Gasteiger partial charge is 0.376 e. The summed E-state index contributed by atoms with van der Waals surface area (Å²) in [6.45, 7) is 14.2. The number of hydrogen-bond donors (Lipinski definition) is 2. The molecule has 0 bridgehead atoms. The molecule has 0 spiro atoms. The standard InChI is InChI=1S/C32H51F2N5O5SSi/c1-21(44-24-11-12-24)28(37-45(41)31(2,3)4)29-36-25-16-22(8-13-26(25)39(29)20-42-14-15-46(5,6)7)27(17-43-23-9-10-23)38-19-32(33,34)18-35-30(38)40/h8,13,16,21,23-24,27-28,37H,9-12,14-15,17-20H2,1-7H3,(H,35,40)/t21-,27-,28+,45-/m1/s1. The summed E-state index contributed by atoms with van der Waals surface area (Å²) in [5.74, 6) is -2.43. The first kappa shape index (κ1) is 35.3. The van der Waals surface area contributed by atoms with Crippen molar-refractivity contribution in [3.63, 3.8) is 0 Å². The Hall–Kier alpha value is -1.97. The van der Waals surface area contributed by atoms with Gasteiger partial charge in [-0.2, -0.15) is 0 Å². The molecule has 2 aromatic rings. The van der Waals surface area contributed by atoms with Gasteiger partial charge in [-0.05, 0) is 77.1 Å². The van der Waals surface area contributed by atoms with Gasteiger partial charge in [0.15, 0.2) is 0 Å². The smallest absolute Gasteiger partial charge is 0.318 e. The molecule has 258 valence electrons. The Morgan fingerprint density at radius 2 is 1.87 bits per heavy atom. The lowest BCUT2D eigenvalue weighted by atomic mass is 10.0. The number of ether oxygens (including phenoxy) is 3. The minimum Gasteiger partial charge on any atom is -0.376 e. The molecular weight excluding hydrogens is 633 g/mol. The van der Waals surface area contributed by atoms with E-state index in [0.717, 1.165) is 37.2 Å². The van der Waals surface area contributed by atoms with E-state index in [-0.39, 0.29) is 31.6 Å². The van der Waals surface area contributed by atoms with Gasteiger partial charge in [-0.3, -0.25) is 0 Å². The molecule has 5 rings (SSSR count). The highest BCUT2D eigenvalue weighted by Gasteiger charge is 2.43. The number of hydrogen-bond acceptors (Lipinski definition) is 6. The van der Waals surface area contributed by atoms with Crippen molar-refractivity contribution in [3.8, 4) is 0 Å². The molecular formula is C32H51F2N5O5SSi. The van der Waals surface area contributed by atoms with Gasteiger partial charge in [-0.25, -0.2) is 27.5 Å². The molecule has 14 heteroatoms. The Bertz CT molecular complexity index is 1410. The Morgan fingerprint density at radius 3 is 2.50 bits per heavy atom. The zero-order valence-electron chi connectivity index (χ0n) is 28.2. The molecule has 1 saturated heterocycles. The molecule has 0 radical (unpaired) electrons. The fourth-order valence-corrected chi connectivity index (χ4v) is 6.92. The van der Waals surface area contributed by atoms with Crippen LogP contribution in [0, 0.1) is 0 Å². The number of benzene rings is 1. The number of amides is 2. The fraction of sp³-hybridized carbons (Fsp3) is 0.750. The van der Waals surface area contributed by atoms with Gasteiger partial charge in [-0.1, -0.05) is 25.7 Å². The molecule has 2 saturated carbocycles. The fourth-order valence-electron chi connectivity index (χ4n) is 5.28. The number of imidazole rings is 1. The number of carbonyl (C=O) groups is 1. The second kappa shape index (κ2) is 13.9. The molecule has 4 atom stereocenters. The Labute approximate surface area is 274 Å². The third-order valence-corrected chi connectivity index (χ3v) is 11.7. The van der Waals surface area contributed by atoms with Crippen LogP contribution < -0.4 is 10.0 Å². The maximum absolute atomic E-state index is 14.5. The number of nitrogens with one attached hydrogen (secondary N) is 2. The topological polar surface area (TPSA) is 107 Å².